The predicted molar refractivity (Wildman–Crippen MR) is 124 cm³/mol. The second-order valence-corrected chi connectivity index (χ2v) is 8.93. The number of carbonyl (C=O) groups is 1. The van der Waals surface area contributed by atoms with Crippen molar-refractivity contribution >= 4 is 21.6 Å². The van der Waals surface area contributed by atoms with Crippen molar-refractivity contribution in [1.29, 1.82) is 0 Å². The molecule has 1 N–H and O–H groups in total. The van der Waals surface area contributed by atoms with E-state index in [0.29, 0.717) is 12.3 Å². The van der Waals surface area contributed by atoms with Crippen molar-refractivity contribution in [2.24, 2.45) is 0 Å². The van der Waals surface area contributed by atoms with Crippen molar-refractivity contribution in [3.63, 3.8) is 0 Å². The van der Waals surface area contributed by atoms with E-state index in [0.717, 1.165) is 15.4 Å². The number of ether oxygens (including phenoxy) is 2. The van der Waals surface area contributed by atoms with E-state index in [2.05, 4.69) is 5.32 Å². The number of sulfonamides is 1. The fraction of sp³-hybridized carbons (Fsp3) is 0.208. The molecule has 0 saturated carbocycles. The van der Waals surface area contributed by atoms with Crippen LogP contribution in [0.5, 0.6) is 11.5 Å². The van der Waals surface area contributed by atoms with Crippen LogP contribution >= 0.6 is 0 Å². The molecule has 0 atom stereocenters. The normalized spacial score (nSPS) is 11.0. The van der Waals surface area contributed by atoms with Crippen molar-refractivity contribution in [2.75, 3.05) is 25.1 Å². The van der Waals surface area contributed by atoms with Gasteiger partial charge in [0.2, 0.25) is 5.91 Å². The largest absolute Gasteiger partial charge is 0.497 e. The Morgan fingerprint density at radius 3 is 2.28 bits per heavy atom. The minimum absolute atomic E-state index is 0.0737. The van der Waals surface area contributed by atoms with Gasteiger partial charge in [0, 0.05) is 12.6 Å². The lowest BCUT2D eigenvalue weighted by Gasteiger charge is -2.26. The first-order valence-electron chi connectivity index (χ1n) is 9.98. The van der Waals surface area contributed by atoms with Gasteiger partial charge in [-0.25, -0.2) is 8.42 Å². The van der Waals surface area contributed by atoms with E-state index in [4.69, 9.17) is 9.47 Å². The number of nitrogens with zero attached hydrogens (tertiary/aromatic N) is 1. The molecule has 0 aromatic heterocycles. The van der Waals surface area contributed by atoms with Crippen LogP contribution in [0, 0.1) is 6.92 Å². The Kier molecular flexibility index (Phi) is 7.37. The lowest BCUT2D eigenvalue weighted by Crippen LogP contribution is -2.41. The van der Waals surface area contributed by atoms with Gasteiger partial charge in [0.1, 0.15) is 18.0 Å². The summed E-state index contributed by atoms with van der Waals surface area (Å²) >= 11 is 0. The van der Waals surface area contributed by atoms with Crippen molar-refractivity contribution < 1.29 is 22.7 Å². The molecule has 0 spiro atoms. The molecule has 3 aromatic carbocycles. The molecule has 8 heteroatoms. The van der Waals surface area contributed by atoms with Gasteiger partial charge in [-0.1, -0.05) is 42.5 Å². The Bertz CT molecular complexity index is 1180. The lowest BCUT2D eigenvalue weighted by molar-refractivity contribution is -0.119. The molecule has 0 aliphatic rings. The van der Waals surface area contributed by atoms with E-state index in [1.54, 1.807) is 36.4 Å². The first-order chi connectivity index (χ1) is 15.4. The molecule has 0 unspecified atom stereocenters. The van der Waals surface area contributed by atoms with Crippen molar-refractivity contribution in [2.45, 2.75) is 18.4 Å². The standard InChI is InChI=1S/C24H26N2O5S/c1-18-9-7-8-10-19(18)16-25-24(27)17-26(32(28,29)21-11-5-4-6-12-21)22-14-13-20(30-2)15-23(22)31-3/h4-15H,16-17H2,1-3H3,(H,25,27). The Hall–Kier alpha value is -3.52. The van der Waals surface area contributed by atoms with Gasteiger partial charge in [0.15, 0.2) is 0 Å². The quantitative estimate of drug-likeness (QED) is 0.535. The second kappa shape index (κ2) is 10.2. The minimum Gasteiger partial charge on any atom is -0.497 e. The van der Waals surface area contributed by atoms with Crippen LogP contribution in [0.2, 0.25) is 0 Å². The van der Waals surface area contributed by atoms with Gasteiger partial charge < -0.3 is 14.8 Å². The fourth-order valence-corrected chi connectivity index (χ4v) is 4.65. The van der Waals surface area contributed by atoms with Crippen LogP contribution in [-0.4, -0.2) is 35.1 Å². The molecule has 32 heavy (non-hydrogen) atoms. The summed E-state index contributed by atoms with van der Waals surface area (Å²) in [6.45, 7) is 1.84. The molecule has 0 aliphatic carbocycles. The average molecular weight is 455 g/mol. The summed E-state index contributed by atoms with van der Waals surface area (Å²) in [5, 5.41) is 2.81. The number of benzene rings is 3. The zero-order valence-corrected chi connectivity index (χ0v) is 19.1. The second-order valence-electron chi connectivity index (χ2n) is 7.07. The first kappa shape index (κ1) is 23.1. The topological polar surface area (TPSA) is 84.9 Å². The van der Waals surface area contributed by atoms with Gasteiger partial charge in [-0.2, -0.15) is 0 Å². The zero-order chi connectivity index (χ0) is 23.1. The van der Waals surface area contributed by atoms with Gasteiger partial charge in [0.25, 0.3) is 10.0 Å². The molecule has 0 aliphatic heterocycles. The van der Waals surface area contributed by atoms with Crippen LogP contribution in [0.1, 0.15) is 11.1 Å². The number of aryl methyl sites for hydroxylation is 1. The number of rotatable bonds is 9. The highest BCUT2D eigenvalue weighted by molar-refractivity contribution is 7.92. The maximum Gasteiger partial charge on any atom is 0.264 e. The average Bonchev–Trinajstić information content (AvgIpc) is 2.82. The van der Waals surface area contributed by atoms with Gasteiger partial charge in [-0.15, -0.1) is 0 Å². The van der Waals surface area contributed by atoms with E-state index in [1.807, 2.05) is 31.2 Å². The summed E-state index contributed by atoms with van der Waals surface area (Å²) in [4.78, 5) is 12.9. The number of nitrogens with one attached hydrogen (secondary N) is 1. The summed E-state index contributed by atoms with van der Waals surface area (Å²) in [5.41, 5.74) is 2.24. The summed E-state index contributed by atoms with van der Waals surface area (Å²) in [5.74, 6) is 0.341. The molecule has 0 bridgehead atoms. The van der Waals surface area contributed by atoms with Gasteiger partial charge in [-0.05, 0) is 42.3 Å². The summed E-state index contributed by atoms with van der Waals surface area (Å²) in [7, 11) is -1.10. The molecule has 3 aromatic rings. The fourth-order valence-electron chi connectivity index (χ4n) is 3.20. The highest BCUT2D eigenvalue weighted by Gasteiger charge is 2.29. The van der Waals surface area contributed by atoms with E-state index in [9.17, 15) is 13.2 Å². The first-order valence-corrected chi connectivity index (χ1v) is 11.4. The Morgan fingerprint density at radius 1 is 0.938 bits per heavy atom. The van der Waals surface area contributed by atoms with E-state index >= 15 is 0 Å². The van der Waals surface area contributed by atoms with Crippen LogP contribution in [0.15, 0.2) is 77.7 Å². The highest BCUT2D eigenvalue weighted by atomic mass is 32.2. The van der Waals surface area contributed by atoms with Gasteiger partial charge in [-0.3, -0.25) is 9.10 Å². The van der Waals surface area contributed by atoms with E-state index in [-0.39, 0.29) is 16.3 Å². The third-order valence-electron chi connectivity index (χ3n) is 5.01. The van der Waals surface area contributed by atoms with Crippen LogP contribution in [-0.2, 0) is 21.4 Å². The molecule has 0 radical (unpaired) electrons. The minimum atomic E-state index is -4.04. The molecule has 7 nitrogen and oxygen atoms in total. The monoisotopic (exact) mass is 454 g/mol. The van der Waals surface area contributed by atoms with Crippen LogP contribution in [0.3, 0.4) is 0 Å². The molecular weight excluding hydrogens is 428 g/mol. The smallest absolute Gasteiger partial charge is 0.264 e. The van der Waals surface area contributed by atoms with Crippen molar-refractivity contribution in [3.8, 4) is 11.5 Å². The van der Waals surface area contributed by atoms with Gasteiger partial charge >= 0.3 is 0 Å². The number of hydrogen-bond donors (Lipinski definition) is 1. The third kappa shape index (κ3) is 5.20. The van der Waals surface area contributed by atoms with Crippen molar-refractivity contribution in [1.82, 2.24) is 5.32 Å². The maximum atomic E-state index is 13.5. The third-order valence-corrected chi connectivity index (χ3v) is 6.79. The van der Waals surface area contributed by atoms with E-state index in [1.165, 1.54) is 26.4 Å². The SMILES string of the molecule is COc1ccc(N(CC(=O)NCc2ccccc2C)S(=O)(=O)c2ccccc2)c(OC)c1. The number of anilines is 1. The van der Waals surface area contributed by atoms with Crippen LogP contribution in [0.4, 0.5) is 5.69 Å². The van der Waals surface area contributed by atoms with Crippen molar-refractivity contribution in [3.05, 3.63) is 83.9 Å². The lowest BCUT2D eigenvalue weighted by atomic mass is 10.1. The zero-order valence-electron chi connectivity index (χ0n) is 18.2. The maximum absolute atomic E-state index is 13.5. The van der Waals surface area contributed by atoms with Gasteiger partial charge in [0.05, 0.1) is 24.8 Å². The number of amides is 1. The molecule has 168 valence electrons. The molecule has 0 heterocycles. The number of carbonyl (C=O) groups excluding carboxylic acids is 1. The summed E-state index contributed by atoms with van der Waals surface area (Å²) in [6.07, 6.45) is 0. The van der Waals surface area contributed by atoms with E-state index < -0.39 is 22.5 Å². The Balaban J connectivity index is 1.94. The van der Waals surface area contributed by atoms with Crippen LogP contribution < -0.4 is 19.1 Å². The highest BCUT2D eigenvalue weighted by Crippen LogP contribution is 2.35. The summed E-state index contributed by atoms with van der Waals surface area (Å²) in [6, 6.07) is 20.4. The molecule has 3 rings (SSSR count). The molecular formula is C24H26N2O5S. The molecule has 1 amide bonds. The molecule has 0 saturated heterocycles. The predicted octanol–water partition coefficient (Wildman–Crippen LogP) is 3.52. The van der Waals surface area contributed by atoms with Crippen LogP contribution in [0.25, 0.3) is 0 Å². The Labute approximate surface area is 188 Å². The Morgan fingerprint density at radius 2 is 1.62 bits per heavy atom. The summed E-state index contributed by atoms with van der Waals surface area (Å²) < 4.78 is 38.6. The number of hydrogen-bond acceptors (Lipinski definition) is 5. The number of methoxy groups -OCH3 is 2. The molecule has 0 fully saturated rings.